The maximum Gasteiger partial charge on any atom is 0.137 e. The van der Waals surface area contributed by atoms with Gasteiger partial charge in [0.25, 0.3) is 0 Å². The molecule has 3 nitrogen and oxygen atoms in total. The summed E-state index contributed by atoms with van der Waals surface area (Å²) in [5.74, 6) is 0. The van der Waals surface area contributed by atoms with E-state index in [4.69, 9.17) is 4.42 Å². The van der Waals surface area contributed by atoms with Gasteiger partial charge in [0.2, 0.25) is 0 Å². The number of aromatic nitrogens is 1. The van der Waals surface area contributed by atoms with Crippen molar-refractivity contribution in [1.82, 2.24) is 4.57 Å². The van der Waals surface area contributed by atoms with Gasteiger partial charge in [0.05, 0.1) is 27.8 Å². The predicted octanol–water partition coefficient (Wildman–Crippen LogP) is 14.1. The molecular weight excluding hydrogens is 645 g/mol. The van der Waals surface area contributed by atoms with Crippen molar-refractivity contribution in [2.24, 2.45) is 0 Å². The van der Waals surface area contributed by atoms with Gasteiger partial charge >= 0.3 is 0 Å². The molecule has 0 saturated heterocycles. The molecule has 0 unspecified atom stereocenters. The lowest BCUT2D eigenvalue weighted by Crippen LogP contribution is -2.11. The van der Waals surface area contributed by atoms with E-state index < -0.39 is 0 Å². The number of anilines is 3. The molecule has 0 aliphatic heterocycles. The molecule has 248 valence electrons. The van der Waals surface area contributed by atoms with Gasteiger partial charge in [-0.25, -0.2) is 0 Å². The van der Waals surface area contributed by atoms with Crippen molar-refractivity contribution in [1.29, 1.82) is 0 Å². The van der Waals surface area contributed by atoms with Crippen molar-refractivity contribution in [2.45, 2.75) is 0 Å². The van der Waals surface area contributed by atoms with Crippen LogP contribution < -0.4 is 4.90 Å². The third-order valence-corrected chi connectivity index (χ3v) is 10.8. The quantitative estimate of drug-likeness (QED) is 0.169. The van der Waals surface area contributed by atoms with Crippen LogP contribution in [0.3, 0.4) is 0 Å². The topological polar surface area (TPSA) is 21.3 Å². The highest BCUT2D eigenvalue weighted by Crippen LogP contribution is 2.47. The van der Waals surface area contributed by atoms with E-state index in [0.29, 0.717) is 0 Å². The van der Waals surface area contributed by atoms with Crippen LogP contribution in [0.2, 0.25) is 0 Å². The molecule has 0 radical (unpaired) electrons. The van der Waals surface area contributed by atoms with Crippen molar-refractivity contribution < 1.29 is 4.42 Å². The zero-order valence-corrected chi connectivity index (χ0v) is 28.8. The summed E-state index contributed by atoms with van der Waals surface area (Å²) in [7, 11) is 0. The first kappa shape index (κ1) is 29.6. The van der Waals surface area contributed by atoms with E-state index in [1.54, 1.807) is 0 Å². The SMILES string of the molecule is c1ccc(-n2c3ccccc3c3cccc(-c4ccc(N(c5cc6ccccc6c6ccccc56)c5cccc6oc7ccccc7c56)cc4)c32)cc1. The van der Waals surface area contributed by atoms with Crippen LogP contribution in [0, 0.1) is 0 Å². The van der Waals surface area contributed by atoms with Crippen LogP contribution in [0.15, 0.2) is 199 Å². The minimum Gasteiger partial charge on any atom is -0.456 e. The minimum absolute atomic E-state index is 0.871. The molecule has 0 saturated carbocycles. The summed E-state index contributed by atoms with van der Waals surface area (Å²) in [6, 6.07) is 69.7. The molecule has 0 spiro atoms. The van der Waals surface area contributed by atoms with Gasteiger partial charge in [-0.05, 0) is 76.3 Å². The summed E-state index contributed by atoms with van der Waals surface area (Å²) in [6.45, 7) is 0. The Kier molecular flexibility index (Phi) is 6.55. The van der Waals surface area contributed by atoms with Crippen molar-refractivity contribution in [3.8, 4) is 16.8 Å². The summed E-state index contributed by atoms with van der Waals surface area (Å²) in [6.07, 6.45) is 0. The van der Waals surface area contributed by atoms with Crippen molar-refractivity contribution in [2.75, 3.05) is 4.90 Å². The molecule has 0 aliphatic carbocycles. The van der Waals surface area contributed by atoms with Crippen molar-refractivity contribution in [3.05, 3.63) is 194 Å². The molecule has 0 atom stereocenters. The van der Waals surface area contributed by atoms with Crippen LogP contribution in [-0.2, 0) is 0 Å². The summed E-state index contributed by atoms with van der Waals surface area (Å²) in [5, 5.41) is 9.56. The summed E-state index contributed by atoms with van der Waals surface area (Å²) in [4.78, 5) is 2.42. The number of hydrogen-bond acceptors (Lipinski definition) is 2. The number of hydrogen-bond donors (Lipinski definition) is 0. The average molecular weight is 677 g/mol. The van der Waals surface area contributed by atoms with Crippen LogP contribution in [-0.4, -0.2) is 4.57 Å². The maximum absolute atomic E-state index is 6.43. The van der Waals surface area contributed by atoms with Gasteiger partial charge in [-0.3, -0.25) is 0 Å². The molecule has 53 heavy (non-hydrogen) atoms. The van der Waals surface area contributed by atoms with Gasteiger partial charge in [-0.1, -0.05) is 140 Å². The lowest BCUT2D eigenvalue weighted by atomic mass is 9.98. The van der Waals surface area contributed by atoms with E-state index in [9.17, 15) is 0 Å². The highest BCUT2D eigenvalue weighted by atomic mass is 16.3. The van der Waals surface area contributed by atoms with Gasteiger partial charge in [0, 0.05) is 38.5 Å². The van der Waals surface area contributed by atoms with Gasteiger partial charge in [0.15, 0.2) is 0 Å². The first-order valence-electron chi connectivity index (χ1n) is 18.1. The van der Waals surface area contributed by atoms with E-state index in [-0.39, 0.29) is 0 Å². The highest BCUT2D eigenvalue weighted by Gasteiger charge is 2.22. The zero-order valence-electron chi connectivity index (χ0n) is 28.8. The standard InChI is InChI=1S/C50H32N2O/c1-2-15-35(16-3-1)52-44-24-10-8-20-41(44)42-23-12-22-38(50(42)52)33-28-30-36(31-29-33)51(45-25-13-27-48-49(45)43-21-9-11-26-47(43)53-48)46-32-34-14-4-5-17-37(34)39-18-6-7-19-40(39)46/h1-32H. The molecule has 0 N–H and O–H groups in total. The number of rotatable bonds is 5. The summed E-state index contributed by atoms with van der Waals surface area (Å²) < 4.78 is 8.84. The molecule has 2 aromatic heterocycles. The number of para-hydroxylation sites is 4. The normalized spacial score (nSPS) is 11.8. The van der Waals surface area contributed by atoms with E-state index >= 15 is 0 Å². The second-order valence-electron chi connectivity index (χ2n) is 13.7. The molecule has 0 bridgehead atoms. The molecule has 0 aliphatic rings. The summed E-state index contributed by atoms with van der Waals surface area (Å²) in [5.41, 5.74) is 10.9. The molecule has 0 fully saturated rings. The molecule has 2 heterocycles. The highest BCUT2D eigenvalue weighted by molar-refractivity contribution is 6.18. The number of nitrogens with zero attached hydrogens (tertiary/aromatic N) is 2. The predicted molar refractivity (Wildman–Crippen MR) is 223 cm³/mol. The first-order valence-corrected chi connectivity index (χ1v) is 18.1. The van der Waals surface area contributed by atoms with E-state index in [1.165, 1.54) is 48.9 Å². The van der Waals surface area contributed by atoms with Crippen molar-refractivity contribution in [3.63, 3.8) is 0 Å². The Morgan fingerprint density at radius 3 is 1.91 bits per heavy atom. The first-order chi connectivity index (χ1) is 26.3. The number of fused-ring (bicyclic) bond motifs is 9. The Labute approximate surface area is 306 Å². The minimum atomic E-state index is 0.871. The Bertz CT molecular complexity index is 3170. The Morgan fingerprint density at radius 2 is 1.06 bits per heavy atom. The van der Waals surface area contributed by atoms with Gasteiger partial charge in [-0.2, -0.15) is 0 Å². The van der Waals surface area contributed by atoms with Gasteiger partial charge < -0.3 is 13.9 Å². The molecule has 11 rings (SSSR count). The fourth-order valence-corrected chi connectivity index (χ4v) is 8.46. The Balaban J connectivity index is 1.17. The van der Waals surface area contributed by atoms with Crippen LogP contribution in [0.4, 0.5) is 17.1 Å². The zero-order chi connectivity index (χ0) is 34.9. The lowest BCUT2D eigenvalue weighted by molar-refractivity contribution is 0.669. The summed E-state index contributed by atoms with van der Waals surface area (Å²) >= 11 is 0. The Hall–Kier alpha value is -7.10. The molecule has 11 aromatic rings. The van der Waals surface area contributed by atoms with Gasteiger partial charge in [0.1, 0.15) is 11.2 Å². The fraction of sp³-hybridized carbons (Fsp3) is 0. The second kappa shape index (κ2) is 11.7. The fourth-order valence-electron chi connectivity index (χ4n) is 8.46. The van der Waals surface area contributed by atoms with Crippen molar-refractivity contribution >= 4 is 82.4 Å². The lowest BCUT2D eigenvalue weighted by Gasteiger charge is -2.28. The Morgan fingerprint density at radius 1 is 0.415 bits per heavy atom. The van der Waals surface area contributed by atoms with Crippen LogP contribution in [0.25, 0.3) is 82.1 Å². The van der Waals surface area contributed by atoms with E-state index in [2.05, 4.69) is 198 Å². The molecule has 0 amide bonds. The smallest absolute Gasteiger partial charge is 0.137 e. The van der Waals surface area contributed by atoms with E-state index in [0.717, 1.165) is 50.3 Å². The third kappa shape index (κ3) is 4.54. The monoisotopic (exact) mass is 676 g/mol. The molecule has 9 aromatic carbocycles. The van der Waals surface area contributed by atoms with E-state index in [1.807, 2.05) is 6.07 Å². The number of furan rings is 1. The number of benzene rings is 9. The van der Waals surface area contributed by atoms with Gasteiger partial charge in [-0.15, -0.1) is 0 Å². The second-order valence-corrected chi connectivity index (χ2v) is 13.7. The maximum atomic E-state index is 6.43. The molecule has 3 heteroatoms. The van der Waals surface area contributed by atoms with Crippen LogP contribution in [0.1, 0.15) is 0 Å². The largest absolute Gasteiger partial charge is 0.456 e. The van der Waals surface area contributed by atoms with Crippen LogP contribution in [0.5, 0.6) is 0 Å². The third-order valence-electron chi connectivity index (χ3n) is 10.8. The van der Waals surface area contributed by atoms with Crippen LogP contribution >= 0.6 is 0 Å². The average Bonchev–Trinajstić information content (AvgIpc) is 3.78. The molecular formula is C50H32N2O.